The van der Waals surface area contributed by atoms with Gasteiger partial charge in [0.1, 0.15) is 5.82 Å². The standard InChI is InChI=1S/C23H18N4OS2/c28-22(16-8-2-1-3-9-16)27-21(24-25-23(27)29)14-15-26-17-10-4-6-12-19(17)30-20-13-7-5-11-18(20)26/h1-13H,14-15H2,(H,25,29). The summed E-state index contributed by atoms with van der Waals surface area (Å²) >= 11 is 7.13. The van der Waals surface area contributed by atoms with Crippen molar-refractivity contribution in [1.82, 2.24) is 14.8 Å². The molecule has 0 bridgehead atoms. The number of aromatic amines is 1. The van der Waals surface area contributed by atoms with Crippen LogP contribution < -0.4 is 4.90 Å². The van der Waals surface area contributed by atoms with Gasteiger partial charge in [-0.2, -0.15) is 5.10 Å². The molecule has 2 heterocycles. The normalized spacial score (nSPS) is 12.3. The van der Waals surface area contributed by atoms with Crippen molar-refractivity contribution in [2.24, 2.45) is 0 Å². The molecule has 30 heavy (non-hydrogen) atoms. The third-order valence-electron chi connectivity index (χ3n) is 5.06. The Morgan fingerprint density at radius 1 is 0.900 bits per heavy atom. The summed E-state index contributed by atoms with van der Waals surface area (Å²) in [4.78, 5) is 17.7. The van der Waals surface area contributed by atoms with Gasteiger partial charge in [0.05, 0.1) is 11.4 Å². The smallest absolute Gasteiger partial charge is 0.265 e. The van der Waals surface area contributed by atoms with Crippen LogP contribution >= 0.6 is 24.0 Å². The van der Waals surface area contributed by atoms with E-state index in [4.69, 9.17) is 12.2 Å². The van der Waals surface area contributed by atoms with Crippen molar-refractivity contribution in [3.8, 4) is 0 Å². The van der Waals surface area contributed by atoms with Crippen LogP contribution in [-0.2, 0) is 6.42 Å². The first-order chi connectivity index (χ1) is 14.7. The van der Waals surface area contributed by atoms with Crippen LogP contribution in [0, 0.1) is 4.77 Å². The van der Waals surface area contributed by atoms with Crippen LogP contribution in [0.2, 0.25) is 0 Å². The summed E-state index contributed by atoms with van der Waals surface area (Å²) in [5.74, 6) is 0.460. The lowest BCUT2D eigenvalue weighted by molar-refractivity contribution is 0.0955. The molecule has 0 saturated carbocycles. The Balaban J connectivity index is 1.47. The first kappa shape index (κ1) is 18.8. The molecule has 0 atom stereocenters. The molecule has 5 nitrogen and oxygen atoms in total. The predicted molar refractivity (Wildman–Crippen MR) is 121 cm³/mol. The maximum Gasteiger partial charge on any atom is 0.265 e. The number of para-hydroxylation sites is 2. The molecule has 148 valence electrons. The van der Waals surface area contributed by atoms with Crippen LogP contribution in [-0.4, -0.2) is 27.2 Å². The van der Waals surface area contributed by atoms with E-state index in [9.17, 15) is 4.79 Å². The average Bonchev–Trinajstić information content (AvgIpc) is 3.17. The molecular formula is C23H18N4OS2. The zero-order valence-corrected chi connectivity index (χ0v) is 17.6. The number of fused-ring (bicyclic) bond motifs is 2. The number of rotatable bonds is 4. The molecule has 0 amide bonds. The molecule has 0 fully saturated rings. The third kappa shape index (κ3) is 3.36. The van der Waals surface area contributed by atoms with E-state index in [1.165, 1.54) is 14.4 Å². The number of benzene rings is 3. The summed E-state index contributed by atoms with van der Waals surface area (Å²) < 4.78 is 1.81. The molecule has 1 aliphatic heterocycles. The van der Waals surface area contributed by atoms with Gasteiger partial charge < -0.3 is 4.90 Å². The third-order valence-corrected chi connectivity index (χ3v) is 6.46. The molecular weight excluding hydrogens is 412 g/mol. The zero-order valence-electron chi connectivity index (χ0n) is 16.0. The number of H-pyrrole nitrogens is 1. The fourth-order valence-electron chi connectivity index (χ4n) is 3.65. The molecule has 5 rings (SSSR count). The summed E-state index contributed by atoms with van der Waals surface area (Å²) in [6, 6.07) is 25.9. The van der Waals surface area contributed by atoms with Gasteiger partial charge in [0, 0.05) is 28.3 Å². The maximum atomic E-state index is 13.0. The van der Waals surface area contributed by atoms with Crippen molar-refractivity contribution in [1.29, 1.82) is 0 Å². The number of carbonyl (C=O) groups is 1. The van der Waals surface area contributed by atoms with E-state index in [0.717, 1.165) is 11.4 Å². The highest BCUT2D eigenvalue weighted by molar-refractivity contribution is 7.99. The number of anilines is 2. The monoisotopic (exact) mass is 430 g/mol. The van der Waals surface area contributed by atoms with Gasteiger partial charge in [-0.3, -0.25) is 9.89 Å². The van der Waals surface area contributed by atoms with Crippen LogP contribution in [0.3, 0.4) is 0 Å². The summed E-state index contributed by atoms with van der Waals surface area (Å²) in [7, 11) is 0. The molecule has 3 aromatic carbocycles. The largest absolute Gasteiger partial charge is 0.339 e. The molecule has 0 saturated heterocycles. The number of hydrogen-bond donors (Lipinski definition) is 1. The fourth-order valence-corrected chi connectivity index (χ4v) is 4.98. The second-order valence-corrected chi connectivity index (χ2v) is 8.36. The van der Waals surface area contributed by atoms with Crippen molar-refractivity contribution in [2.45, 2.75) is 16.2 Å². The minimum atomic E-state index is -0.167. The van der Waals surface area contributed by atoms with E-state index in [-0.39, 0.29) is 5.91 Å². The topological polar surface area (TPSA) is 53.9 Å². The van der Waals surface area contributed by atoms with Crippen LogP contribution in [0.5, 0.6) is 0 Å². The minimum absolute atomic E-state index is 0.167. The molecule has 0 spiro atoms. The van der Waals surface area contributed by atoms with Gasteiger partial charge in [-0.25, -0.2) is 4.57 Å². The van der Waals surface area contributed by atoms with Crippen molar-refractivity contribution < 1.29 is 4.79 Å². The van der Waals surface area contributed by atoms with E-state index < -0.39 is 0 Å². The van der Waals surface area contributed by atoms with E-state index in [2.05, 4.69) is 63.6 Å². The lowest BCUT2D eigenvalue weighted by atomic mass is 10.2. The first-order valence-corrected chi connectivity index (χ1v) is 10.8. The highest BCUT2D eigenvalue weighted by Crippen LogP contribution is 2.47. The second kappa shape index (κ2) is 7.93. The van der Waals surface area contributed by atoms with E-state index in [1.54, 1.807) is 23.9 Å². The van der Waals surface area contributed by atoms with Gasteiger partial charge in [0.15, 0.2) is 0 Å². The average molecular weight is 431 g/mol. The fraction of sp³-hybridized carbons (Fsp3) is 0.0870. The summed E-state index contributed by atoms with van der Waals surface area (Å²) in [5, 5.41) is 7.14. The van der Waals surface area contributed by atoms with Gasteiger partial charge in [-0.05, 0) is 48.6 Å². The Labute approximate surface area is 183 Å². The number of nitrogens with one attached hydrogen (secondary N) is 1. The van der Waals surface area contributed by atoms with Crippen LogP contribution in [0.1, 0.15) is 16.2 Å². The molecule has 1 aliphatic rings. The second-order valence-electron chi connectivity index (χ2n) is 6.89. The van der Waals surface area contributed by atoms with Gasteiger partial charge in [0.2, 0.25) is 4.77 Å². The van der Waals surface area contributed by atoms with Crippen molar-refractivity contribution in [3.05, 3.63) is 95.0 Å². The molecule has 1 aromatic heterocycles. The van der Waals surface area contributed by atoms with Gasteiger partial charge >= 0.3 is 0 Å². The van der Waals surface area contributed by atoms with E-state index in [0.29, 0.717) is 29.1 Å². The molecule has 7 heteroatoms. The summed E-state index contributed by atoms with van der Waals surface area (Å²) in [6.07, 6.45) is 0.569. The quantitative estimate of drug-likeness (QED) is 0.435. The van der Waals surface area contributed by atoms with Gasteiger partial charge in [-0.1, -0.05) is 54.2 Å². The van der Waals surface area contributed by atoms with Crippen molar-refractivity contribution >= 4 is 41.3 Å². The molecule has 1 N–H and O–H groups in total. The van der Waals surface area contributed by atoms with Crippen molar-refractivity contribution in [2.75, 3.05) is 11.4 Å². The number of nitrogens with zero attached hydrogens (tertiary/aromatic N) is 3. The molecule has 0 radical (unpaired) electrons. The minimum Gasteiger partial charge on any atom is -0.339 e. The molecule has 0 unspecified atom stereocenters. The molecule has 0 aliphatic carbocycles. The number of aromatic nitrogens is 3. The SMILES string of the molecule is O=C(c1ccccc1)n1c(CCN2c3ccccc3Sc3ccccc32)n[nH]c1=S. The lowest BCUT2D eigenvalue weighted by Crippen LogP contribution is -2.25. The Morgan fingerprint density at radius 3 is 2.17 bits per heavy atom. The Kier molecular flexibility index (Phi) is 4.98. The number of carbonyl (C=O) groups excluding carboxylic acids is 1. The highest BCUT2D eigenvalue weighted by atomic mass is 32.2. The van der Waals surface area contributed by atoms with Gasteiger partial charge in [0.25, 0.3) is 5.91 Å². The Hall–Kier alpha value is -3.16. The van der Waals surface area contributed by atoms with Gasteiger partial charge in [-0.15, -0.1) is 0 Å². The number of hydrogen-bond acceptors (Lipinski definition) is 5. The van der Waals surface area contributed by atoms with Crippen LogP contribution in [0.25, 0.3) is 0 Å². The summed E-state index contributed by atoms with van der Waals surface area (Å²) in [6.45, 7) is 0.677. The Bertz CT molecular complexity index is 1230. The highest BCUT2D eigenvalue weighted by Gasteiger charge is 2.24. The maximum absolute atomic E-state index is 13.0. The van der Waals surface area contributed by atoms with Crippen LogP contribution in [0.15, 0.2) is 88.7 Å². The van der Waals surface area contributed by atoms with E-state index in [1.807, 2.05) is 18.2 Å². The van der Waals surface area contributed by atoms with Crippen LogP contribution in [0.4, 0.5) is 11.4 Å². The Morgan fingerprint density at radius 2 is 1.50 bits per heavy atom. The molecule has 4 aromatic rings. The zero-order chi connectivity index (χ0) is 20.5. The lowest BCUT2D eigenvalue weighted by Gasteiger charge is -2.32. The van der Waals surface area contributed by atoms with Crippen molar-refractivity contribution in [3.63, 3.8) is 0 Å². The van der Waals surface area contributed by atoms with E-state index >= 15 is 0 Å². The first-order valence-electron chi connectivity index (χ1n) is 9.62. The summed E-state index contributed by atoms with van der Waals surface area (Å²) in [5.41, 5.74) is 2.91. The predicted octanol–water partition coefficient (Wildman–Crippen LogP) is 5.47.